The van der Waals surface area contributed by atoms with E-state index in [-0.39, 0.29) is 6.61 Å². The summed E-state index contributed by atoms with van der Waals surface area (Å²) in [5.41, 5.74) is 8.11. The fourth-order valence-electron chi connectivity index (χ4n) is 4.97. The number of H-pyrrole nitrogens is 1. The van der Waals surface area contributed by atoms with Crippen molar-refractivity contribution in [2.45, 2.75) is 20.4 Å². The van der Waals surface area contributed by atoms with Crippen molar-refractivity contribution in [3.63, 3.8) is 0 Å². The van der Waals surface area contributed by atoms with E-state index in [0.717, 1.165) is 84.1 Å². The van der Waals surface area contributed by atoms with Crippen LogP contribution < -0.4 is 5.32 Å². The van der Waals surface area contributed by atoms with E-state index in [1.165, 1.54) is 5.56 Å². The van der Waals surface area contributed by atoms with Crippen molar-refractivity contribution in [1.82, 2.24) is 24.8 Å². The monoisotopic (exact) mass is 507 g/mol. The Bertz CT molecular complexity index is 1480. The van der Waals surface area contributed by atoms with Crippen molar-refractivity contribution >= 4 is 34.4 Å². The highest BCUT2D eigenvalue weighted by atomic mass is 16.3. The number of hydrogen-bond donors (Lipinski definition) is 3. The third-order valence-electron chi connectivity index (χ3n) is 7.26. The quantitative estimate of drug-likeness (QED) is 0.323. The molecule has 3 aromatic heterocycles. The van der Waals surface area contributed by atoms with Gasteiger partial charge < -0.3 is 15.4 Å². The molecule has 0 amide bonds. The number of β-amino-alcohol motifs (C(OH)–C–C–N with tert-alkyl or cyclic N) is 1. The number of nitriles is 1. The van der Waals surface area contributed by atoms with Crippen LogP contribution in [0.4, 0.5) is 11.4 Å². The second-order valence-corrected chi connectivity index (χ2v) is 9.73. The van der Waals surface area contributed by atoms with Gasteiger partial charge in [-0.15, -0.1) is 0 Å². The Hall–Kier alpha value is -4.03. The van der Waals surface area contributed by atoms with Crippen LogP contribution in [0.2, 0.25) is 0 Å². The Morgan fingerprint density at radius 1 is 1.03 bits per heavy atom. The van der Waals surface area contributed by atoms with E-state index in [2.05, 4.69) is 55.2 Å². The molecule has 5 rings (SSSR count). The number of aryl methyl sites for hydroxylation is 2. The van der Waals surface area contributed by atoms with Crippen molar-refractivity contribution < 1.29 is 5.11 Å². The van der Waals surface area contributed by atoms with Crippen LogP contribution in [-0.2, 0) is 6.54 Å². The van der Waals surface area contributed by atoms with Gasteiger partial charge in [-0.1, -0.05) is 6.07 Å². The summed E-state index contributed by atoms with van der Waals surface area (Å²) in [6.45, 7) is 9.83. The smallest absolute Gasteiger partial charge is 0.103 e. The van der Waals surface area contributed by atoms with E-state index in [4.69, 9.17) is 5.11 Å². The summed E-state index contributed by atoms with van der Waals surface area (Å²) in [7, 11) is 0. The molecule has 8 heteroatoms. The van der Waals surface area contributed by atoms with Gasteiger partial charge in [0.25, 0.3) is 0 Å². The lowest BCUT2D eigenvalue weighted by molar-refractivity contribution is 0.108. The Kier molecular flexibility index (Phi) is 7.80. The molecule has 0 bridgehead atoms. The molecular weight excluding hydrogens is 474 g/mol. The van der Waals surface area contributed by atoms with E-state index in [1.54, 1.807) is 6.20 Å². The van der Waals surface area contributed by atoms with Crippen LogP contribution in [0, 0.1) is 25.2 Å². The fraction of sp³-hybridized carbons (Fsp3) is 0.300. The van der Waals surface area contributed by atoms with Gasteiger partial charge in [-0.2, -0.15) is 5.26 Å². The summed E-state index contributed by atoms with van der Waals surface area (Å²) in [5, 5.41) is 23.6. The van der Waals surface area contributed by atoms with Gasteiger partial charge in [-0.05, 0) is 61.4 Å². The first kappa shape index (κ1) is 25.6. The minimum Gasteiger partial charge on any atom is -0.395 e. The lowest BCUT2D eigenvalue weighted by Crippen LogP contribution is -2.46. The number of aromatic nitrogens is 3. The largest absolute Gasteiger partial charge is 0.395 e. The maximum atomic E-state index is 9.82. The van der Waals surface area contributed by atoms with Crippen LogP contribution >= 0.6 is 0 Å². The summed E-state index contributed by atoms with van der Waals surface area (Å²) < 4.78 is 0. The minimum absolute atomic E-state index is 0.218. The molecule has 1 fully saturated rings. The highest BCUT2D eigenvalue weighted by molar-refractivity contribution is 5.90. The first-order valence-electron chi connectivity index (χ1n) is 13.0. The molecule has 0 unspecified atom stereocenters. The van der Waals surface area contributed by atoms with Gasteiger partial charge in [0.15, 0.2) is 0 Å². The predicted molar refractivity (Wildman–Crippen MR) is 152 cm³/mol. The van der Waals surface area contributed by atoms with E-state index in [9.17, 15) is 5.26 Å². The maximum absolute atomic E-state index is 9.82. The minimum atomic E-state index is 0.218. The summed E-state index contributed by atoms with van der Waals surface area (Å²) in [6, 6.07) is 12.6. The summed E-state index contributed by atoms with van der Waals surface area (Å²) in [6.07, 6.45) is 9.44. The Balaban J connectivity index is 1.33. The standard InChI is InChI=1S/C30H33N7O/c1-21-26-9-10-32-29(26)8-7-28(21)35-30-24(17-31)19-33-22(2)27(30)6-5-25-4-3-23(18-34-25)20-37-13-11-36(12-14-37)15-16-38/h3-10,18-19,32,38H,11-16,20H2,1-2H3,(H,33,35)/b6-5+. The summed E-state index contributed by atoms with van der Waals surface area (Å²) in [4.78, 5) is 17.1. The van der Waals surface area contributed by atoms with Gasteiger partial charge in [0, 0.05) is 85.7 Å². The number of hydrogen-bond acceptors (Lipinski definition) is 7. The lowest BCUT2D eigenvalue weighted by Gasteiger charge is -2.34. The van der Waals surface area contributed by atoms with Gasteiger partial charge in [-0.3, -0.25) is 19.8 Å². The van der Waals surface area contributed by atoms with Gasteiger partial charge >= 0.3 is 0 Å². The molecule has 1 aromatic carbocycles. The maximum Gasteiger partial charge on any atom is 0.103 e. The average molecular weight is 508 g/mol. The van der Waals surface area contributed by atoms with Gasteiger partial charge in [0.05, 0.1) is 23.6 Å². The van der Waals surface area contributed by atoms with Gasteiger partial charge in [0.2, 0.25) is 0 Å². The summed E-state index contributed by atoms with van der Waals surface area (Å²) in [5.74, 6) is 0. The molecule has 0 aliphatic carbocycles. The number of pyridine rings is 2. The number of rotatable bonds is 8. The van der Waals surface area contributed by atoms with Crippen LogP contribution in [0.25, 0.3) is 23.1 Å². The zero-order valence-corrected chi connectivity index (χ0v) is 21.9. The third-order valence-corrected chi connectivity index (χ3v) is 7.26. The number of aliphatic hydroxyl groups excluding tert-OH is 1. The molecule has 8 nitrogen and oxygen atoms in total. The number of aromatic amines is 1. The van der Waals surface area contributed by atoms with Crippen LogP contribution in [0.15, 0.2) is 48.9 Å². The van der Waals surface area contributed by atoms with Crippen molar-refractivity contribution in [2.75, 3.05) is 44.6 Å². The average Bonchev–Trinajstić information content (AvgIpc) is 3.42. The van der Waals surface area contributed by atoms with E-state index in [1.807, 2.05) is 49.7 Å². The Morgan fingerprint density at radius 2 is 1.84 bits per heavy atom. The third kappa shape index (κ3) is 5.60. The van der Waals surface area contributed by atoms with Gasteiger partial charge in [-0.25, -0.2) is 0 Å². The van der Waals surface area contributed by atoms with Crippen LogP contribution in [0.3, 0.4) is 0 Å². The molecule has 4 heterocycles. The zero-order valence-electron chi connectivity index (χ0n) is 21.9. The van der Waals surface area contributed by atoms with Gasteiger partial charge in [0.1, 0.15) is 6.07 Å². The second kappa shape index (κ2) is 11.6. The highest BCUT2D eigenvalue weighted by Crippen LogP contribution is 2.32. The van der Waals surface area contributed by atoms with Crippen LogP contribution in [0.5, 0.6) is 0 Å². The Morgan fingerprint density at radius 3 is 2.58 bits per heavy atom. The number of anilines is 2. The predicted octanol–water partition coefficient (Wildman–Crippen LogP) is 4.47. The van der Waals surface area contributed by atoms with Crippen LogP contribution in [-0.4, -0.2) is 69.2 Å². The fourth-order valence-corrected chi connectivity index (χ4v) is 4.97. The molecule has 0 saturated carbocycles. The van der Waals surface area contributed by atoms with E-state index < -0.39 is 0 Å². The second-order valence-electron chi connectivity index (χ2n) is 9.73. The highest BCUT2D eigenvalue weighted by Gasteiger charge is 2.17. The molecule has 0 atom stereocenters. The number of piperazine rings is 1. The van der Waals surface area contributed by atoms with E-state index in [0.29, 0.717) is 5.56 Å². The molecular formula is C30H33N7O. The number of nitrogens with one attached hydrogen (secondary N) is 2. The number of nitrogens with zero attached hydrogens (tertiary/aromatic N) is 5. The first-order chi connectivity index (χ1) is 18.6. The molecule has 1 aliphatic rings. The van der Waals surface area contributed by atoms with Crippen molar-refractivity contribution in [3.8, 4) is 6.07 Å². The molecule has 194 valence electrons. The molecule has 38 heavy (non-hydrogen) atoms. The topological polar surface area (TPSA) is 104 Å². The van der Waals surface area contributed by atoms with Crippen LogP contribution in [0.1, 0.15) is 33.6 Å². The molecule has 0 spiro atoms. The van der Waals surface area contributed by atoms with E-state index >= 15 is 0 Å². The molecule has 1 saturated heterocycles. The summed E-state index contributed by atoms with van der Waals surface area (Å²) >= 11 is 0. The zero-order chi connectivity index (χ0) is 26.5. The van der Waals surface area contributed by atoms with Crippen molar-refractivity contribution in [3.05, 3.63) is 82.6 Å². The number of benzene rings is 1. The lowest BCUT2D eigenvalue weighted by atomic mass is 10.0. The Labute approximate surface area is 223 Å². The molecule has 4 aromatic rings. The van der Waals surface area contributed by atoms with Crippen molar-refractivity contribution in [2.24, 2.45) is 0 Å². The molecule has 1 aliphatic heterocycles. The number of aliphatic hydroxyl groups is 1. The number of fused-ring (bicyclic) bond motifs is 1. The van der Waals surface area contributed by atoms with Crippen molar-refractivity contribution in [1.29, 1.82) is 5.26 Å². The molecule has 3 N–H and O–H groups in total. The first-order valence-corrected chi connectivity index (χ1v) is 13.0. The SMILES string of the molecule is Cc1ncc(C#N)c(Nc2ccc3[nH]ccc3c2C)c1/C=C/c1ccc(CN2CCN(CCO)CC2)cn1. The molecule has 0 radical (unpaired) electrons. The normalized spacial score (nSPS) is 14.8.